The van der Waals surface area contributed by atoms with E-state index in [0.29, 0.717) is 5.75 Å². The minimum atomic E-state index is -3.62. The van der Waals surface area contributed by atoms with Gasteiger partial charge in [0.1, 0.15) is 5.75 Å². The van der Waals surface area contributed by atoms with E-state index in [-0.39, 0.29) is 30.7 Å². The van der Waals surface area contributed by atoms with Crippen molar-refractivity contribution in [1.82, 2.24) is 4.31 Å². The molecule has 21 heavy (non-hydrogen) atoms. The maximum Gasteiger partial charge on any atom is 0.243 e. The molecule has 7 heteroatoms. The van der Waals surface area contributed by atoms with Gasteiger partial charge in [0, 0.05) is 12.6 Å². The zero-order valence-electron chi connectivity index (χ0n) is 12.4. The number of aliphatic hydroxyl groups is 1. The molecule has 1 saturated heterocycles. The predicted octanol–water partition coefficient (Wildman–Crippen LogP) is 0.774. The van der Waals surface area contributed by atoms with Crippen LogP contribution in [0.2, 0.25) is 0 Å². The standard InChI is InChI=1S/C14H21NO5S/c1-10-6-13(4-5-14(10)19-3)21(17,18)15-7-12(8-16)20-9-11(15)2/h4-6,11-12,16H,7-9H2,1-3H3. The molecule has 0 saturated carbocycles. The molecule has 0 amide bonds. The first-order valence-electron chi connectivity index (χ1n) is 6.79. The van der Waals surface area contributed by atoms with Gasteiger partial charge in [-0.15, -0.1) is 0 Å². The highest BCUT2D eigenvalue weighted by Gasteiger charge is 2.35. The van der Waals surface area contributed by atoms with Gasteiger partial charge in [0.15, 0.2) is 0 Å². The van der Waals surface area contributed by atoms with Gasteiger partial charge in [-0.05, 0) is 37.6 Å². The van der Waals surface area contributed by atoms with Gasteiger partial charge in [-0.25, -0.2) is 8.42 Å². The number of sulfonamides is 1. The topological polar surface area (TPSA) is 76.1 Å². The van der Waals surface area contributed by atoms with Crippen molar-refractivity contribution in [3.05, 3.63) is 23.8 Å². The second-order valence-corrected chi connectivity index (χ2v) is 7.08. The number of benzene rings is 1. The third-order valence-corrected chi connectivity index (χ3v) is 5.60. The fraction of sp³-hybridized carbons (Fsp3) is 0.571. The molecule has 1 aliphatic rings. The predicted molar refractivity (Wildman–Crippen MR) is 77.9 cm³/mol. The van der Waals surface area contributed by atoms with E-state index >= 15 is 0 Å². The lowest BCUT2D eigenvalue weighted by atomic mass is 10.2. The van der Waals surface area contributed by atoms with Crippen LogP contribution in [0.25, 0.3) is 0 Å². The quantitative estimate of drug-likeness (QED) is 0.888. The van der Waals surface area contributed by atoms with Crippen molar-refractivity contribution in [2.45, 2.75) is 30.9 Å². The average molecular weight is 315 g/mol. The molecule has 118 valence electrons. The zero-order valence-corrected chi connectivity index (χ0v) is 13.3. The maximum atomic E-state index is 12.8. The van der Waals surface area contributed by atoms with Crippen LogP contribution in [0.3, 0.4) is 0 Å². The number of rotatable bonds is 4. The summed E-state index contributed by atoms with van der Waals surface area (Å²) in [6.45, 7) is 3.84. The van der Waals surface area contributed by atoms with Gasteiger partial charge in [-0.3, -0.25) is 0 Å². The molecule has 0 radical (unpaired) electrons. The van der Waals surface area contributed by atoms with Crippen LogP contribution in [0.5, 0.6) is 5.75 Å². The summed E-state index contributed by atoms with van der Waals surface area (Å²) in [4.78, 5) is 0.228. The van der Waals surface area contributed by atoms with Crippen molar-refractivity contribution < 1.29 is 23.0 Å². The average Bonchev–Trinajstić information content (AvgIpc) is 2.47. The van der Waals surface area contributed by atoms with Crippen LogP contribution in [0.15, 0.2) is 23.1 Å². The lowest BCUT2D eigenvalue weighted by molar-refractivity contribution is -0.0516. The Balaban J connectivity index is 2.34. The third-order valence-electron chi connectivity index (χ3n) is 3.62. The minimum absolute atomic E-state index is 0.158. The Kier molecular flexibility index (Phi) is 4.88. The SMILES string of the molecule is COc1ccc(S(=O)(=O)N2CC(CO)OCC2C)cc1C. The molecule has 0 bridgehead atoms. The monoisotopic (exact) mass is 315 g/mol. The van der Waals surface area contributed by atoms with Crippen LogP contribution in [0.1, 0.15) is 12.5 Å². The molecule has 6 nitrogen and oxygen atoms in total. The second-order valence-electron chi connectivity index (χ2n) is 5.19. The molecule has 0 aromatic heterocycles. The zero-order chi connectivity index (χ0) is 15.6. The van der Waals surface area contributed by atoms with Crippen LogP contribution in [-0.2, 0) is 14.8 Å². The Morgan fingerprint density at radius 3 is 2.76 bits per heavy atom. The molecule has 1 fully saturated rings. The first-order chi connectivity index (χ1) is 9.90. The van der Waals surface area contributed by atoms with Crippen LogP contribution >= 0.6 is 0 Å². The number of hydrogen-bond acceptors (Lipinski definition) is 5. The van der Waals surface area contributed by atoms with Crippen LogP contribution in [-0.4, -0.2) is 56.8 Å². The Bertz CT molecular complexity index is 601. The molecule has 1 N–H and O–H groups in total. The van der Waals surface area contributed by atoms with Gasteiger partial charge < -0.3 is 14.6 Å². The molecule has 1 heterocycles. The minimum Gasteiger partial charge on any atom is -0.496 e. The van der Waals surface area contributed by atoms with Gasteiger partial charge in [0.25, 0.3) is 0 Å². The summed E-state index contributed by atoms with van der Waals surface area (Å²) in [7, 11) is -2.07. The van der Waals surface area contributed by atoms with Crippen molar-refractivity contribution in [3.8, 4) is 5.75 Å². The summed E-state index contributed by atoms with van der Waals surface area (Å²) >= 11 is 0. The van der Waals surface area contributed by atoms with E-state index in [0.717, 1.165) is 5.56 Å². The number of nitrogens with zero attached hydrogens (tertiary/aromatic N) is 1. The summed E-state index contributed by atoms with van der Waals surface area (Å²) in [6.07, 6.45) is -0.477. The Morgan fingerprint density at radius 1 is 1.48 bits per heavy atom. The number of ether oxygens (including phenoxy) is 2. The molecule has 2 atom stereocenters. The van der Waals surface area contributed by atoms with Gasteiger partial charge >= 0.3 is 0 Å². The fourth-order valence-electron chi connectivity index (χ4n) is 2.38. The Hall–Kier alpha value is -1.15. The van der Waals surface area contributed by atoms with Gasteiger partial charge in [-0.2, -0.15) is 4.31 Å². The molecule has 1 aromatic rings. The van der Waals surface area contributed by atoms with Gasteiger partial charge in [-0.1, -0.05) is 0 Å². The lowest BCUT2D eigenvalue weighted by Gasteiger charge is -2.36. The second kappa shape index (κ2) is 6.31. The van der Waals surface area contributed by atoms with Crippen molar-refractivity contribution in [3.63, 3.8) is 0 Å². The summed E-state index contributed by atoms with van der Waals surface area (Å²) in [5.74, 6) is 0.650. The fourth-order valence-corrected chi connectivity index (χ4v) is 4.12. The summed E-state index contributed by atoms with van der Waals surface area (Å²) < 4.78 is 37.4. The molecular formula is C14H21NO5S. The Morgan fingerprint density at radius 2 is 2.19 bits per heavy atom. The normalized spacial score (nSPS) is 24.0. The number of methoxy groups -OCH3 is 1. The van der Waals surface area contributed by atoms with E-state index in [2.05, 4.69) is 0 Å². The van der Waals surface area contributed by atoms with E-state index in [9.17, 15) is 13.5 Å². The van der Waals surface area contributed by atoms with E-state index in [4.69, 9.17) is 9.47 Å². The van der Waals surface area contributed by atoms with Gasteiger partial charge in [0.2, 0.25) is 10.0 Å². The molecule has 2 rings (SSSR count). The van der Waals surface area contributed by atoms with E-state index in [1.807, 2.05) is 0 Å². The molecule has 0 aliphatic carbocycles. The third kappa shape index (κ3) is 3.21. The van der Waals surface area contributed by atoms with E-state index in [1.54, 1.807) is 33.1 Å². The number of hydrogen-bond donors (Lipinski definition) is 1. The highest BCUT2D eigenvalue weighted by molar-refractivity contribution is 7.89. The van der Waals surface area contributed by atoms with Crippen LogP contribution in [0.4, 0.5) is 0 Å². The van der Waals surface area contributed by atoms with Crippen molar-refractivity contribution in [1.29, 1.82) is 0 Å². The highest BCUT2D eigenvalue weighted by atomic mass is 32.2. The highest BCUT2D eigenvalue weighted by Crippen LogP contribution is 2.26. The summed E-state index contributed by atoms with van der Waals surface area (Å²) in [5, 5.41) is 9.18. The molecule has 1 aromatic carbocycles. The molecule has 0 spiro atoms. The maximum absolute atomic E-state index is 12.8. The number of aliphatic hydroxyl groups excluding tert-OH is 1. The van der Waals surface area contributed by atoms with Crippen LogP contribution < -0.4 is 4.74 Å². The molecule has 1 aliphatic heterocycles. The van der Waals surface area contributed by atoms with E-state index in [1.165, 1.54) is 10.4 Å². The smallest absolute Gasteiger partial charge is 0.243 e. The van der Waals surface area contributed by atoms with Crippen molar-refractivity contribution >= 4 is 10.0 Å². The number of aryl methyl sites for hydroxylation is 1. The first kappa shape index (κ1) is 16.2. The van der Waals surface area contributed by atoms with E-state index < -0.39 is 16.1 Å². The summed E-state index contributed by atoms with van der Waals surface area (Å²) in [5.41, 5.74) is 0.762. The summed E-state index contributed by atoms with van der Waals surface area (Å²) in [6, 6.07) is 4.53. The van der Waals surface area contributed by atoms with Crippen molar-refractivity contribution in [2.75, 3.05) is 26.9 Å². The van der Waals surface area contributed by atoms with Crippen LogP contribution in [0, 0.1) is 6.92 Å². The first-order valence-corrected chi connectivity index (χ1v) is 8.23. The molecular weight excluding hydrogens is 294 g/mol. The molecule has 2 unspecified atom stereocenters. The Labute approximate surface area is 125 Å². The van der Waals surface area contributed by atoms with Crippen molar-refractivity contribution in [2.24, 2.45) is 0 Å². The van der Waals surface area contributed by atoms with Gasteiger partial charge in [0.05, 0.1) is 31.3 Å². The lowest BCUT2D eigenvalue weighted by Crippen LogP contribution is -2.51. The number of morpholine rings is 1. The largest absolute Gasteiger partial charge is 0.496 e.